The molecule has 2 heterocycles. The Labute approximate surface area is 286 Å². The Morgan fingerprint density at radius 3 is 2.22 bits per heavy atom. The Hall–Kier alpha value is -5.35. The average molecular weight is 744 g/mol. The van der Waals surface area contributed by atoms with Crippen LogP contribution in [0.2, 0.25) is 5.02 Å². The minimum Gasteiger partial charge on any atom is -0.476 e. The van der Waals surface area contributed by atoms with E-state index in [4.69, 9.17) is 27.5 Å². The Bertz CT molecular complexity index is 2080. The highest BCUT2D eigenvalue weighted by molar-refractivity contribution is 7.90. The standard InChI is InChI=1S/C18H15ClFNO3.C12H11F3N4O6S/c1-3-10(2)24-16-9-15(14(20)8-13(16)19)21-17(22)11-6-4-5-7-12(11)18(21)23;1-18-10(24-2)16-19(11(18)21)9(20)17-26(22,23)8-6-4-3-5-7(8)25-12(13,14)15/h1,8-10H,4-7H2,2H3;3-6H,1-2H3,(H,17,20). The lowest BCUT2D eigenvalue weighted by molar-refractivity contribution is -0.275. The van der Waals surface area contributed by atoms with Crippen LogP contribution in [-0.4, -0.2) is 60.2 Å². The number of rotatable bonds is 7. The van der Waals surface area contributed by atoms with Gasteiger partial charge in [0.1, 0.15) is 22.2 Å². The number of benzene rings is 2. The number of carbonyl (C=O) groups excluding carboxylic acids is 3. The first kappa shape index (κ1) is 37.5. The van der Waals surface area contributed by atoms with Gasteiger partial charge in [-0.25, -0.2) is 36.6 Å². The number of hydrogen-bond acceptors (Lipinski definition) is 10. The Morgan fingerprint density at radius 2 is 1.68 bits per heavy atom. The van der Waals surface area contributed by atoms with Crippen LogP contribution in [0.1, 0.15) is 32.6 Å². The normalized spacial score (nSPS) is 15.1. The Morgan fingerprint density at radius 1 is 1.08 bits per heavy atom. The summed E-state index contributed by atoms with van der Waals surface area (Å²) in [4.78, 5) is 48.8. The van der Waals surface area contributed by atoms with E-state index in [0.717, 1.165) is 59.8 Å². The zero-order valence-electron chi connectivity index (χ0n) is 26.2. The van der Waals surface area contributed by atoms with E-state index < -0.39 is 62.5 Å². The third-order valence-electron chi connectivity index (χ3n) is 7.07. The van der Waals surface area contributed by atoms with E-state index >= 15 is 0 Å². The second-order valence-corrected chi connectivity index (χ2v) is 12.5. The molecule has 1 atom stereocenters. The van der Waals surface area contributed by atoms with Gasteiger partial charge in [-0.1, -0.05) is 29.7 Å². The summed E-state index contributed by atoms with van der Waals surface area (Å²) in [6.45, 7) is 1.63. The molecule has 1 aromatic heterocycles. The highest BCUT2D eigenvalue weighted by Gasteiger charge is 2.41. The summed E-state index contributed by atoms with van der Waals surface area (Å²) in [7, 11) is -2.45. The molecule has 1 aliphatic heterocycles. The molecule has 2 aromatic carbocycles. The second-order valence-electron chi connectivity index (χ2n) is 10.4. The summed E-state index contributed by atoms with van der Waals surface area (Å²) in [6.07, 6.45) is 2.32. The number of hydrogen-bond donors (Lipinski definition) is 1. The number of anilines is 1. The molecule has 20 heteroatoms. The second kappa shape index (κ2) is 14.6. The predicted molar refractivity (Wildman–Crippen MR) is 167 cm³/mol. The molecule has 50 heavy (non-hydrogen) atoms. The molecule has 0 radical (unpaired) electrons. The number of methoxy groups -OCH3 is 1. The molecule has 1 unspecified atom stereocenters. The van der Waals surface area contributed by atoms with Crippen molar-refractivity contribution in [2.24, 2.45) is 7.05 Å². The zero-order chi connectivity index (χ0) is 37.1. The number of halogens is 5. The van der Waals surface area contributed by atoms with Crippen molar-refractivity contribution in [2.45, 2.75) is 50.0 Å². The van der Waals surface area contributed by atoms with E-state index in [2.05, 4.69) is 15.8 Å². The summed E-state index contributed by atoms with van der Waals surface area (Å²) in [5.41, 5.74) is -0.225. The molecule has 1 aliphatic carbocycles. The number of para-hydroxylation sites is 1. The van der Waals surface area contributed by atoms with Gasteiger partial charge in [0.25, 0.3) is 21.8 Å². The molecule has 266 valence electrons. The fourth-order valence-corrected chi connectivity index (χ4v) is 6.04. The summed E-state index contributed by atoms with van der Waals surface area (Å²) in [5.74, 6) is -0.242. The van der Waals surface area contributed by atoms with Crippen LogP contribution in [0.15, 0.2) is 57.2 Å². The summed E-state index contributed by atoms with van der Waals surface area (Å²) < 4.78 is 92.2. The molecule has 2 aliphatic rings. The summed E-state index contributed by atoms with van der Waals surface area (Å²) >= 11 is 5.97. The van der Waals surface area contributed by atoms with Crippen LogP contribution in [0, 0.1) is 18.2 Å². The monoisotopic (exact) mass is 743 g/mol. The molecular weight excluding hydrogens is 718 g/mol. The maximum atomic E-state index is 14.4. The van der Waals surface area contributed by atoms with Gasteiger partial charge in [0, 0.05) is 24.3 Å². The SMILES string of the molecule is C#CC(C)Oc1cc(N2C(=O)C3=C(CCCC3)C2=O)c(F)cc1Cl.COc1nn(C(=O)NS(=O)(=O)c2ccccc2OC(F)(F)F)c(=O)n1C. The van der Waals surface area contributed by atoms with Gasteiger partial charge < -0.3 is 14.2 Å². The molecule has 5 rings (SSSR count). The number of imide groups is 1. The minimum atomic E-state index is -5.15. The van der Waals surface area contributed by atoms with Crippen LogP contribution in [0.4, 0.5) is 28.0 Å². The van der Waals surface area contributed by atoms with E-state index in [9.17, 15) is 45.2 Å². The Balaban J connectivity index is 0.000000225. The highest BCUT2D eigenvalue weighted by Crippen LogP contribution is 2.39. The van der Waals surface area contributed by atoms with Gasteiger partial charge in [0.05, 0.1) is 17.8 Å². The molecule has 0 saturated carbocycles. The van der Waals surface area contributed by atoms with Crippen molar-refractivity contribution in [3.05, 3.63) is 68.9 Å². The fraction of sp³-hybridized carbons (Fsp3) is 0.300. The van der Waals surface area contributed by atoms with Crippen molar-refractivity contribution in [3.8, 4) is 29.9 Å². The van der Waals surface area contributed by atoms with Crippen molar-refractivity contribution in [2.75, 3.05) is 12.0 Å². The number of terminal acetylenes is 1. The van der Waals surface area contributed by atoms with Crippen molar-refractivity contribution in [1.82, 2.24) is 19.1 Å². The number of sulfonamides is 1. The Kier molecular flexibility index (Phi) is 11.0. The molecular formula is C30H26ClF4N5O9S. The van der Waals surface area contributed by atoms with E-state index in [1.165, 1.54) is 17.8 Å². The van der Waals surface area contributed by atoms with Crippen LogP contribution >= 0.6 is 11.6 Å². The van der Waals surface area contributed by atoms with E-state index in [1.807, 2.05) is 0 Å². The molecule has 14 nitrogen and oxygen atoms in total. The summed E-state index contributed by atoms with van der Waals surface area (Å²) in [6, 6.07) is 4.24. The van der Waals surface area contributed by atoms with Crippen LogP contribution in [0.3, 0.4) is 0 Å². The molecule has 3 amide bonds. The first-order valence-electron chi connectivity index (χ1n) is 14.2. The van der Waals surface area contributed by atoms with Crippen LogP contribution in [0.5, 0.6) is 17.5 Å². The van der Waals surface area contributed by atoms with Gasteiger partial charge >= 0.3 is 24.1 Å². The maximum Gasteiger partial charge on any atom is 0.573 e. The third kappa shape index (κ3) is 7.92. The smallest absolute Gasteiger partial charge is 0.476 e. The summed E-state index contributed by atoms with van der Waals surface area (Å²) in [5, 5.41) is 3.47. The predicted octanol–water partition coefficient (Wildman–Crippen LogP) is 4.06. The van der Waals surface area contributed by atoms with Crippen molar-refractivity contribution < 1.29 is 54.6 Å². The number of ether oxygens (including phenoxy) is 3. The van der Waals surface area contributed by atoms with E-state index in [-0.39, 0.29) is 27.2 Å². The van der Waals surface area contributed by atoms with Crippen molar-refractivity contribution in [3.63, 3.8) is 0 Å². The first-order chi connectivity index (χ1) is 23.4. The van der Waals surface area contributed by atoms with Gasteiger partial charge in [0.2, 0.25) is 0 Å². The number of amides is 3. The number of alkyl halides is 3. The lowest BCUT2D eigenvalue weighted by atomic mass is 9.93. The highest BCUT2D eigenvalue weighted by atomic mass is 35.5. The minimum absolute atomic E-state index is 0.0233. The number of nitrogens with zero attached hydrogens (tertiary/aromatic N) is 4. The van der Waals surface area contributed by atoms with Crippen molar-refractivity contribution >= 4 is 45.2 Å². The number of carbonyl (C=O) groups is 3. The van der Waals surface area contributed by atoms with E-state index in [0.29, 0.717) is 24.0 Å². The molecule has 0 spiro atoms. The van der Waals surface area contributed by atoms with Gasteiger partial charge in [-0.2, -0.15) is 0 Å². The molecule has 0 bridgehead atoms. The van der Waals surface area contributed by atoms with Gasteiger partial charge in [-0.3, -0.25) is 9.59 Å². The lowest BCUT2D eigenvalue weighted by Gasteiger charge is -2.19. The lowest BCUT2D eigenvalue weighted by Crippen LogP contribution is -2.40. The number of nitrogens with one attached hydrogen (secondary N) is 1. The topological polar surface area (TPSA) is 168 Å². The molecule has 1 N–H and O–H groups in total. The largest absolute Gasteiger partial charge is 0.573 e. The van der Waals surface area contributed by atoms with Crippen LogP contribution in [0.25, 0.3) is 0 Å². The third-order valence-corrected chi connectivity index (χ3v) is 8.73. The molecule has 3 aromatic rings. The maximum absolute atomic E-state index is 14.4. The van der Waals surface area contributed by atoms with Crippen LogP contribution in [-0.2, 0) is 26.7 Å². The molecule has 0 fully saturated rings. The van der Waals surface area contributed by atoms with Crippen LogP contribution < -0.4 is 29.5 Å². The quantitative estimate of drug-likeness (QED) is 0.212. The van der Waals surface area contributed by atoms with Gasteiger partial charge in [-0.05, 0) is 50.8 Å². The van der Waals surface area contributed by atoms with Gasteiger partial charge in [-0.15, -0.1) is 29.4 Å². The number of aromatic nitrogens is 3. The van der Waals surface area contributed by atoms with E-state index in [1.54, 1.807) is 6.92 Å². The fourth-order valence-electron chi connectivity index (χ4n) is 4.79. The molecule has 0 saturated heterocycles. The van der Waals surface area contributed by atoms with Crippen molar-refractivity contribution in [1.29, 1.82) is 0 Å². The zero-order valence-corrected chi connectivity index (χ0v) is 27.8. The van der Waals surface area contributed by atoms with Gasteiger partial charge in [0.15, 0.2) is 6.10 Å². The first-order valence-corrected chi connectivity index (χ1v) is 16.1. The average Bonchev–Trinajstić information content (AvgIpc) is 3.48.